The van der Waals surface area contributed by atoms with Crippen LogP contribution in [0.15, 0.2) is 24.3 Å². The van der Waals surface area contributed by atoms with E-state index < -0.39 is 0 Å². The second-order valence-electron chi connectivity index (χ2n) is 5.98. The summed E-state index contributed by atoms with van der Waals surface area (Å²) in [5, 5.41) is 0. The lowest BCUT2D eigenvalue weighted by molar-refractivity contribution is -0.143. The number of nitrogens with zero attached hydrogens (tertiary/aromatic N) is 1. The van der Waals surface area contributed by atoms with Gasteiger partial charge in [0.15, 0.2) is 0 Å². The molecule has 0 saturated carbocycles. The van der Waals surface area contributed by atoms with E-state index >= 15 is 0 Å². The van der Waals surface area contributed by atoms with Gasteiger partial charge in [-0.15, -0.1) is 0 Å². The lowest BCUT2D eigenvalue weighted by Crippen LogP contribution is -2.30. The van der Waals surface area contributed by atoms with Gasteiger partial charge in [0.05, 0.1) is 17.7 Å². The van der Waals surface area contributed by atoms with Gasteiger partial charge in [-0.3, -0.25) is 19.3 Å². The first-order valence-electron chi connectivity index (χ1n) is 8.76. The van der Waals surface area contributed by atoms with Gasteiger partial charge < -0.3 is 4.74 Å². The summed E-state index contributed by atoms with van der Waals surface area (Å²) in [6, 6.07) is 6.98. The Bertz CT molecular complexity index is 562. The first-order valence-corrected chi connectivity index (χ1v) is 8.76. The quantitative estimate of drug-likeness (QED) is 0.373. The van der Waals surface area contributed by atoms with Crippen LogP contribution in [0.2, 0.25) is 0 Å². The van der Waals surface area contributed by atoms with Crippen molar-refractivity contribution in [3.63, 3.8) is 0 Å². The summed E-state index contributed by atoms with van der Waals surface area (Å²) in [6.45, 7) is 2.73. The molecule has 0 fully saturated rings. The zero-order valence-corrected chi connectivity index (χ0v) is 14.3. The number of unbranched alkanes of at least 4 members (excludes halogenated alkanes) is 5. The Morgan fingerprint density at radius 3 is 2.04 bits per heavy atom. The molecule has 1 aromatic rings. The minimum Gasteiger partial charge on any atom is -0.466 e. The van der Waals surface area contributed by atoms with Crippen molar-refractivity contribution in [2.45, 2.75) is 51.9 Å². The predicted molar refractivity (Wildman–Crippen MR) is 90.8 cm³/mol. The van der Waals surface area contributed by atoms with E-state index in [2.05, 4.69) is 0 Å². The lowest BCUT2D eigenvalue weighted by Gasteiger charge is -2.13. The predicted octanol–water partition coefficient (Wildman–Crippen LogP) is 3.58. The molecule has 1 heterocycles. The highest BCUT2D eigenvalue weighted by atomic mass is 16.5. The Morgan fingerprint density at radius 2 is 1.46 bits per heavy atom. The van der Waals surface area contributed by atoms with Gasteiger partial charge in [-0.2, -0.15) is 0 Å². The molecule has 0 saturated heterocycles. The molecular formula is C19H25NO4. The molecule has 0 spiro atoms. The minimum atomic E-state index is -0.176. The number of imide groups is 1. The first-order chi connectivity index (χ1) is 11.6. The zero-order valence-electron chi connectivity index (χ0n) is 14.3. The molecule has 1 aliphatic rings. The van der Waals surface area contributed by atoms with Crippen molar-refractivity contribution in [1.29, 1.82) is 0 Å². The molecule has 0 aliphatic carbocycles. The molecule has 0 N–H and O–H groups in total. The molecule has 0 bridgehead atoms. The van der Waals surface area contributed by atoms with Crippen LogP contribution in [0, 0.1) is 0 Å². The Kier molecular flexibility index (Phi) is 6.97. The van der Waals surface area contributed by atoms with Gasteiger partial charge >= 0.3 is 5.97 Å². The van der Waals surface area contributed by atoms with E-state index in [1.165, 1.54) is 4.90 Å². The third-order valence-electron chi connectivity index (χ3n) is 4.20. The molecule has 0 atom stereocenters. The highest BCUT2D eigenvalue weighted by Crippen LogP contribution is 2.22. The number of hydrogen-bond donors (Lipinski definition) is 0. The maximum absolute atomic E-state index is 12.2. The second-order valence-corrected chi connectivity index (χ2v) is 5.98. The van der Waals surface area contributed by atoms with Crippen LogP contribution in [-0.2, 0) is 9.53 Å². The van der Waals surface area contributed by atoms with E-state index in [0.717, 1.165) is 38.5 Å². The van der Waals surface area contributed by atoms with Crippen molar-refractivity contribution in [3.05, 3.63) is 35.4 Å². The molecule has 1 aromatic carbocycles. The summed E-state index contributed by atoms with van der Waals surface area (Å²) < 4.78 is 4.88. The zero-order chi connectivity index (χ0) is 17.4. The molecule has 24 heavy (non-hydrogen) atoms. The van der Waals surface area contributed by atoms with Crippen molar-refractivity contribution >= 4 is 17.8 Å². The molecule has 0 aromatic heterocycles. The van der Waals surface area contributed by atoms with Crippen molar-refractivity contribution in [2.75, 3.05) is 13.2 Å². The molecule has 5 heteroatoms. The van der Waals surface area contributed by atoms with Gasteiger partial charge in [0, 0.05) is 13.0 Å². The number of fused-ring (bicyclic) bond motifs is 1. The van der Waals surface area contributed by atoms with Gasteiger partial charge in [-0.1, -0.05) is 37.8 Å². The Balaban J connectivity index is 1.58. The van der Waals surface area contributed by atoms with Crippen LogP contribution in [0.4, 0.5) is 0 Å². The van der Waals surface area contributed by atoms with Crippen molar-refractivity contribution in [2.24, 2.45) is 0 Å². The van der Waals surface area contributed by atoms with Crippen LogP contribution >= 0.6 is 0 Å². The topological polar surface area (TPSA) is 63.7 Å². The van der Waals surface area contributed by atoms with E-state index in [0.29, 0.717) is 30.7 Å². The van der Waals surface area contributed by atoms with Gasteiger partial charge in [0.1, 0.15) is 0 Å². The molecule has 0 radical (unpaired) electrons. The van der Waals surface area contributed by atoms with Crippen LogP contribution < -0.4 is 0 Å². The average Bonchev–Trinajstić information content (AvgIpc) is 2.82. The maximum atomic E-state index is 12.2. The van der Waals surface area contributed by atoms with E-state index in [9.17, 15) is 14.4 Å². The minimum absolute atomic E-state index is 0.122. The molecular weight excluding hydrogens is 306 g/mol. The highest BCUT2D eigenvalue weighted by molar-refractivity contribution is 6.21. The third kappa shape index (κ3) is 4.66. The Labute approximate surface area is 143 Å². The van der Waals surface area contributed by atoms with Crippen molar-refractivity contribution in [1.82, 2.24) is 4.90 Å². The SMILES string of the molecule is CCOC(=O)CCCCCCCCN1C(=O)c2ccccc2C1=O. The fraction of sp³-hybridized carbons (Fsp3) is 0.526. The van der Waals surface area contributed by atoms with Gasteiger partial charge in [0.25, 0.3) is 11.8 Å². The molecule has 0 unspecified atom stereocenters. The van der Waals surface area contributed by atoms with Crippen LogP contribution in [0.1, 0.15) is 72.6 Å². The van der Waals surface area contributed by atoms with E-state index in [1.807, 2.05) is 6.92 Å². The highest BCUT2D eigenvalue weighted by Gasteiger charge is 2.34. The van der Waals surface area contributed by atoms with Gasteiger partial charge in [-0.25, -0.2) is 0 Å². The molecule has 2 amide bonds. The molecule has 130 valence electrons. The number of esters is 1. The molecule has 5 nitrogen and oxygen atoms in total. The summed E-state index contributed by atoms with van der Waals surface area (Å²) in [5.74, 6) is -0.474. The fourth-order valence-electron chi connectivity index (χ4n) is 2.92. The van der Waals surface area contributed by atoms with Gasteiger partial charge in [-0.05, 0) is 31.9 Å². The summed E-state index contributed by atoms with van der Waals surface area (Å²) in [4.78, 5) is 36.9. The number of carbonyl (C=O) groups is 3. The first kappa shape index (κ1) is 18.2. The van der Waals surface area contributed by atoms with Gasteiger partial charge in [0.2, 0.25) is 0 Å². The molecule has 1 aliphatic heterocycles. The number of carbonyl (C=O) groups excluding carboxylic acids is 3. The summed E-state index contributed by atoms with van der Waals surface area (Å²) in [5.41, 5.74) is 1.03. The van der Waals surface area contributed by atoms with E-state index in [4.69, 9.17) is 4.74 Å². The van der Waals surface area contributed by atoms with Crippen LogP contribution in [0.5, 0.6) is 0 Å². The van der Waals surface area contributed by atoms with E-state index in [1.54, 1.807) is 24.3 Å². The van der Waals surface area contributed by atoms with Crippen LogP contribution in [0.25, 0.3) is 0 Å². The van der Waals surface area contributed by atoms with Crippen molar-refractivity contribution < 1.29 is 19.1 Å². The third-order valence-corrected chi connectivity index (χ3v) is 4.20. The van der Waals surface area contributed by atoms with E-state index in [-0.39, 0.29) is 17.8 Å². The summed E-state index contributed by atoms with van der Waals surface area (Å²) >= 11 is 0. The number of benzene rings is 1. The number of rotatable bonds is 10. The van der Waals surface area contributed by atoms with Crippen LogP contribution in [-0.4, -0.2) is 35.8 Å². The second kappa shape index (κ2) is 9.21. The standard InChI is InChI=1S/C19H25NO4/c1-2-24-17(21)13-7-5-3-4-6-10-14-20-18(22)15-11-8-9-12-16(15)19(20)23/h8-9,11-12H,2-7,10,13-14H2,1H3. The fourth-order valence-corrected chi connectivity index (χ4v) is 2.92. The summed E-state index contributed by atoms with van der Waals surface area (Å²) in [7, 11) is 0. The van der Waals surface area contributed by atoms with Crippen LogP contribution in [0.3, 0.4) is 0 Å². The number of ether oxygens (including phenoxy) is 1. The Hall–Kier alpha value is -2.17. The molecule has 2 rings (SSSR count). The largest absolute Gasteiger partial charge is 0.466 e. The normalized spacial score (nSPS) is 13.3. The Morgan fingerprint density at radius 1 is 0.917 bits per heavy atom. The lowest BCUT2D eigenvalue weighted by atomic mass is 10.1. The van der Waals surface area contributed by atoms with Crippen molar-refractivity contribution in [3.8, 4) is 0 Å². The monoisotopic (exact) mass is 331 g/mol. The number of hydrogen-bond acceptors (Lipinski definition) is 4. The average molecular weight is 331 g/mol. The smallest absolute Gasteiger partial charge is 0.305 e. The summed E-state index contributed by atoms with van der Waals surface area (Å²) in [6.07, 6.45) is 6.26. The number of amides is 2. The maximum Gasteiger partial charge on any atom is 0.305 e.